The molecular weight excluding hydrogens is 340 g/mol. The first-order valence-corrected chi connectivity index (χ1v) is 9.62. The van der Waals surface area contributed by atoms with Crippen LogP contribution in [0.2, 0.25) is 0 Å². The van der Waals surface area contributed by atoms with Crippen LogP contribution in [0, 0.1) is 0 Å². The number of sulfone groups is 1. The first-order chi connectivity index (χ1) is 9.39. The van der Waals surface area contributed by atoms with Crippen LogP contribution in [0.25, 0.3) is 0 Å². The van der Waals surface area contributed by atoms with Gasteiger partial charge in [0, 0.05) is 6.42 Å². The molecule has 0 spiro atoms. The van der Waals surface area contributed by atoms with Crippen molar-refractivity contribution in [1.29, 1.82) is 0 Å². The second-order valence-electron chi connectivity index (χ2n) is 4.55. The normalized spacial score (nSPS) is 24.5. The average Bonchev–Trinajstić information content (AvgIpc) is 2.84. The summed E-state index contributed by atoms with van der Waals surface area (Å²) in [4.78, 5) is 0. The van der Waals surface area contributed by atoms with Crippen molar-refractivity contribution in [2.24, 2.45) is 0 Å². The molecule has 0 aromatic carbocycles. The predicted octanol–water partition coefficient (Wildman–Crippen LogP) is 1.18. The smallest absolute Gasteiger partial charge is 0.211 e. The summed E-state index contributed by atoms with van der Waals surface area (Å²) in [5.74, 6) is -0.0194. The lowest BCUT2D eigenvalue weighted by molar-refractivity contribution is 0.600. The molecule has 1 aromatic rings. The van der Waals surface area contributed by atoms with E-state index in [9.17, 15) is 8.42 Å². The summed E-state index contributed by atoms with van der Waals surface area (Å²) in [6, 6.07) is -0.371. The number of thiocarbonyl (C=S) groups is 1. The molecule has 6 nitrogen and oxygen atoms in total. The van der Waals surface area contributed by atoms with Crippen LogP contribution in [0.15, 0.2) is 0 Å². The highest BCUT2D eigenvalue weighted by Gasteiger charge is 2.36. The number of aromatic nitrogens is 2. The molecule has 20 heavy (non-hydrogen) atoms. The fourth-order valence-corrected chi connectivity index (χ4v) is 5.57. The number of aryl methyl sites for hydroxylation is 1. The van der Waals surface area contributed by atoms with Gasteiger partial charge in [-0.3, -0.25) is 0 Å². The van der Waals surface area contributed by atoms with Gasteiger partial charge in [0.25, 0.3) is 0 Å². The molecule has 0 radical (unpaired) electrons. The van der Waals surface area contributed by atoms with Crippen LogP contribution in [0.1, 0.15) is 18.4 Å². The van der Waals surface area contributed by atoms with Gasteiger partial charge in [0.2, 0.25) is 5.13 Å². The fourth-order valence-electron chi connectivity index (χ4n) is 1.86. The highest BCUT2D eigenvalue weighted by molar-refractivity contribution is 7.91. The van der Waals surface area contributed by atoms with E-state index in [1.54, 1.807) is 0 Å². The summed E-state index contributed by atoms with van der Waals surface area (Å²) >= 11 is 12.6. The van der Waals surface area contributed by atoms with E-state index < -0.39 is 15.2 Å². The minimum absolute atomic E-state index is 0.000189. The molecule has 0 aliphatic carbocycles. The lowest BCUT2D eigenvalue weighted by Gasteiger charge is -2.16. The Morgan fingerprint density at radius 3 is 2.85 bits per heavy atom. The second-order valence-corrected chi connectivity index (χ2v) is 8.73. The third-order valence-electron chi connectivity index (χ3n) is 2.75. The van der Waals surface area contributed by atoms with E-state index in [-0.39, 0.29) is 17.5 Å². The number of anilines is 1. The van der Waals surface area contributed by atoms with Crippen LogP contribution in [0.5, 0.6) is 0 Å². The molecule has 2 heterocycles. The Labute approximate surface area is 132 Å². The average molecular weight is 355 g/mol. The molecular formula is C10H15ClN4O2S3. The Morgan fingerprint density at radius 1 is 1.50 bits per heavy atom. The maximum Gasteiger partial charge on any atom is 0.211 e. The van der Waals surface area contributed by atoms with Crippen LogP contribution in [0.3, 0.4) is 0 Å². The molecule has 1 saturated heterocycles. The molecule has 0 bridgehead atoms. The van der Waals surface area contributed by atoms with Crippen molar-refractivity contribution >= 4 is 55.2 Å². The molecule has 2 atom stereocenters. The van der Waals surface area contributed by atoms with Crippen molar-refractivity contribution in [2.45, 2.75) is 31.2 Å². The van der Waals surface area contributed by atoms with Crippen molar-refractivity contribution in [3.8, 4) is 0 Å². The van der Waals surface area contributed by atoms with E-state index in [1.165, 1.54) is 11.3 Å². The summed E-state index contributed by atoms with van der Waals surface area (Å²) in [5.41, 5.74) is 0. The molecule has 1 aromatic heterocycles. The minimum atomic E-state index is -3.07. The third kappa shape index (κ3) is 4.24. The summed E-state index contributed by atoms with van der Waals surface area (Å²) in [6.07, 6.45) is 1.88. The number of rotatable bonds is 4. The largest absolute Gasteiger partial charge is 0.357 e. The van der Waals surface area contributed by atoms with E-state index in [0.29, 0.717) is 10.2 Å². The van der Waals surface area contributed by atoms with Crippen LogP contribution in [0.4, 0.5) is 5.13 Å². The lowest BCUT2D eigenvalue weighted by atomic mass is 10.3. The molecule has 112 valence electrons. The zero-order valence-corrected chi connectivity index (χ0v) is 14.0. The first-order valence-electron chi connectivity index (χ1n) is 6.14. The third-order valence-corrected chi connectivity index (χ3v) is 6.24. The van der Waals surface area contributed by atoms with Gasteiger partial charge < -0.3 is 10.6 Å². The second kappa shape index (κ2) is 6.50. The van der Waals surface area contributed by atoms with Crippen molar-refractivity contribution in [1.82, 2.24) is 15.5 Å². The number of alkyl halides is 1. The van der Waals surface area contributed by atoms with Crippen LogP contribution < -0.4 is 10.6 Å². The van der Waals surface area contributed by atoms with E-state index in [0.717, 1.165) is 17.8 Å². The van der Waals surface area contributed by atoms with Gasteiger partial charge in [-0.2, -0.15) is 0 Å². The standard InChI is InChI=1S/C10H15ClN4O2S3/c1-2-3-8-14-15-10(19-8)13-9(18)12-7-5-20(16,17)4-6(7)11/h6-7H,2-5H2,1H3,(H2,12,13,15,18)/t6-,7-/m0/s1. The number of hydrogen-bond donors (Lipinski definition) is 2. The van der Waals surface area contributed by atoms with Crippen LogP contribution in [-0.4, -0.2) is 46.7 Å². The summed E-state index contributed by atoms with van der Waals surface area (Å²) in [6.45, 7) is 2.07. The zero-order chi connectivity index (χ0) is 14.8. The Kier molecular flexibility index (Phi) is 5.16. The Morgan fingerprint density at radius 2 is 2.25 bits per heavy atom. The summed E-state index contributed by atoms with van der Waals surface area (Å²) in [7, 11) is -3.07. The van der Waals surface area contributed by atoms with Crippen molar-refractivity contribution < 1.29 is 8.42 Å². The summed E-state index contributed by atoms with van der Waals surface area (Å²) < 4.78 is 22.9. The number of nitrogens with one attached hydrogen (secondary N) is 2. The topological polar surface area (TPSA) is 84.0 Å². The number of halogens is 1. The lowest BCUT2D eigenvalue weighted by Crippen LogP contribution is -2.42. The monoisotopic (exact) mass is 354 g/mol. The summed E-state index contributed by atoms with van der Waals surface area (Å²) in [5, 5.41) is 15.2. The minimum Gasteiger partial charge on any atom is -0.357 e. The van der Waals surface area contributed by atoms with Crippen LogP contribution in [-0.2, 0) is 16.3 Å². The van der Waals surface area contributed by atoms with Crippen molar-refractivity contribution in [3.63, 3.8) is 0 Å². The Bertz CT molecular complexity index is 589. The molecule has 2 N–H and O–H groups in total. The van der Waals surface area contributed by atoms with Gasteiger partial charge in [-0.05, 0) is 18.6 Å². The van der Waals surface area contributed by atoms with Crippen LogP contribution >= 0.6 is 35.2 Å². The zero-order valence-electron chi connectivity index (χ0n) is 10.8. The molecule has 2 rings (SSSR count). The van der Waals surface area contributed by atoms with E-state index in [4.69, 9.17) is 23.8 Å². The van der Waals surface area contributed by atoms with Gasteiger partial charge in [-0.1, -0.05) is 18.3 Å². The molecule has 0 saturated carbocycles. The predicted molar refractivity (Wildman–Crippen MR) is 85.3 cm³/mol. The van der Waals surface area contributed by atoms with Crippen molar-refractivity contribution in [3.05, 3.63) is 5.01 Å². The van der Waals surface area contributed by atoms with Gasteiger partial charge in [-0.15, -0.1) is 21.8 Å². The van der Waals surface area contributed by atoms with Gasteiger partial charge in [0.1, 0.15) is 5.01 Å². The number of hydrogen-bond acceptors (Lipinski definition) is 6. The Balaban J connectivity index is 1.89. The van der Waals surface area contributed by atoms with Gasteiger partial charge in [0.05, 0.1) is 22.9 Å². The maximum atomic E-state index is 11.5. The van der Waals surface area contributed by atoms with E-state index in [2.05, 4.69) is 27.8 Å². The highest BCUT2D eigenvalue weighted by atomic mass is 35.5. The van der Waals surface area contributed by atoms with E-state index in [1.807, 2.05) is 0 Å². The quantitative estimate of drug-likeness (QED) is 0.620. The fraction of sp³-hybridized carbons (Fsp3) is 0.700. The SMILES string of the molecule is CCCc1nnc(NC(=S)N[C@H]2CS(=O)(=O)C[C@@H]2Cl)s1. The number of nitrogens with zero attached hydrogens (tertiary/aromatic N) is 2. The van der Waals surface area contributed by atoms with Gasteiger partial charge in [0.15, 0.2) is 14.9 Å². The van der Waals surface area contributed by atoms with Gasteiger partial charge >= 0.3 is 0 Å². The Hall–Kier alpha value is -0.510. The van der Waals surface area contributed by atoms with Gasteiger partial charge in [-0.25, -0.2) is 8.42 Å². The molecule has 1 aliphatic heterocycles. The molecule has 0 amide bonds. The molecule has 10 heteroatoms. The van der Waals surface area contributed by atoms with E-state index >= 15 is 0 Å². The first kappa shape index (κ1) is 15.9. The highest BCUT2D eigenvalue weighted by Crippen LogP contribution is 2.19. The maximum absolute atomic E-state index is 11.5. The van der Waals surface area contributed by atoms with Crippen molar-refractivity contribution in [2.75, 3.05) is 16.8 Å². The molecule has 1 fully saturated rings. The molecule has 1 aliphatic rings. The molecule has 0 unspecified atom stereocenters.